The zero-order chi connectivity index (χ0) is 12.6. The first-order chi connectivity index (χ1) is 7.87. The van der Waals surface area contributed by atoms with Crippen molar-refractivity contribution < 1.29 is 8.78 Å². The van der Waals surface area contributed by atoms with E-state index < -0.39 is 5.92 Å². The minimum Gasteiger partial charge on any atom is -0.323 e. The topological polar surface area (TPSA) is 38.9 Å². The van der Waals surface area contributed by atoms with Crippen LogP contribution in [0.15, 0.2) is 0 Å². The van der Waals surface area contributed by atoms with E-state index in [0.29, 0.717) is 12.8 Å². The van der Waals surface area contributed by atoms with Crippen molar-refractivity contribution in [2.75, 3.05) is 0 Å². The van der Waals surface area contributed by atoms with Crippen LogP contribution in [0.2, 0.25) is 0 Å². The maximum absolute atomic E-state index is 13.1. The van der Waals surface area contributed by atoms with Gasteiger partial charge in [0, 0.05) is 23.8 Å². The van der Waals surface area contributed by atoms with Gasteiger partial charge in [0.15, 0.2) is 0 Å². The van der Waals surface area contributed by atoms with Gasteiger partial charge in [-0.05, 0) is 32.6 Å². The molecule has 0 radical (unpaired) electrons. The van der Waals surface area contributed by atoms with Gasteiger partial charge >= 0.3 is 0 Å². The van der Waals surface area contributed by atoms with Gasteiger partial charge in [-0.2, -0.15) is 0 Å². The summed E-state index contributed by atoms with van der Waals surface area (Å²) in [4.78, 5) is 5.38. The Kier molecular flexibility index (Phi) is 3.50. The largest absolute Gasteiger partial charge is 0.323 e. The minimum absolute atomic E-state index is 0.00245. The molecule has 0 bridgehead atoms. The molecule has 17 heavy (non-hydrogen) atoms. The second kappa shape index (κ2) is 4.61. The van der Waals surface area contributed by atoms with E-state index in [1.165, 1.54) is 0 Å². The van der Waals surface area contributed by atoms with Crippen LogP contribution in [0.4, 0.5) is 8.78 Å². The molecule has 2 nitrogen and oxygen atoms in total. The van der Waals surface area contributed by atoms with Crippen LogP contribution >= 0.6 is 11.3 Å². The molecular formula is C12H18F2N2S. The molecule has 5 heteroatoms. The molecule has 0 aromatic carbocycles. The highest BCUT2D eigenvalue weighted by Gasteiger charge is 2.39. The lowest BCUT2D eigenvalue weighted by molar-refractivity contribution is 0.00448. The zero-order valence-electron chi connectivity index (χ0n) is 10.2. The fourth-order valence-electron chi connectivity index (χ4n) is 2.60. The number of thiazole rings is 1. The summed E-state index contributed by atoms with van der Waals surface area (Å²) in [5, 5.41) is 0.990. The summed E-state index contributed by atoms with van der Waals surface area (Å²) in [6.45, 7) is 3.87. The fourth-order valence-corrected chi connectivity index (χ4v) is 3.54. The Morgan fingerprint density at radius 3 is 2.71 bits per heavy atom. The van der Waals surface area contributed by atoms with E-state index in [9.17, 15) is 8.78 Å². The lowest BCUT2D eigenvalue weighted by Gasteiger charge is -2.15. The van der Waals surface area contributed by atoms with Crippen LogP contribution in [0.3, 0.4) is 0 Å². The predicted octanol–water partition coefficient (Wildman–Crippen LogP) is 3.59. The number of rotatable bonds is 3. The smallest absolute Gasteiger partial charge is 0.248 e. The van der Waals surface area contributed by atoms with E-state index in [-0.39, 0.29) is 24.8 Å². The van der Waals surface area contributed by atoms with Crippen LogP contribution in [0.5, 0.6) is 0 Å². The van der Waals surface area contributed by atoms with Crippen molar-refractivity contribution in [3.05, 3.63) is 15.6 Å². The van der Waals surface area contributed by atoms with Gasteiger partial charge in [-0.1, -0.05) is 0 Å². The van der Waals surface area contributed by atoms with E-state index in [2.05, 4.69) is 4.98 Å². The number of halogens is 2. The third-order valence-electron chi connectivity index (χ3n) is 3.37. The van der Waals surface area contributed by atoms with Gasteiger partial charge in [0.05, 0.1) is 10.7 Å². The quantitative estimate of drug-likeness (QED) is 0.902. The summed E-state index contributed by atoms with van der Waals surface area (Å²) in [5.74, 6) is -2.41. The lowest BCUT2D eigenvalue weighted by Crippen LogP contribution is -2.16. The summed E-state index contributed by atoms with van der Waals surface area (Å²) in [7, 11) is 0. The van der Waals surface area contributed by atoms with Gasteiger partial charge in [-0.15, -0.1) is 11.3 Å². The Hall–Kier alpha value is -0.550. The van der Waals surface area contributed by atoms with Crippen molar-refractivity contribution in [1.82, 2.24) is 4.98 Å². The first-order valence-electron chi connectivity index (χ1n) is 5.95. The molecule has 1 aliphatic rings. The first kappa shape index (κ1) is 12.9. The second-order valence-corrected chi connectivity index (χ2v) is 6.22. The third kappa shape index (κ3) is 3.01. The first-order valence-corrected chi connectivity index (χ1v) is 6.76. The number of hydrogen-bond donors (Lipinski definition) is 1. The molecule has 1 aliphatic carbocycles. The van der Waals surface area contributed by atoms with Crippen molar-refractivity contribution in [2.24, 2.45) is 11.7 Å². The number of alkyl halides is 2. The molecule has 1 aromatic rings. The molecule has 2 unspecified atom stereocenters. The molecular weight excluding hydrogens is 242 g/mol. The van der Waals surface area contributed by atoms with Crippen LogP contribution in [-0.4, -0.2) is 10.9 Å². The maximum Gasteiger partial charge on any atom is 0.248 e. The molecule has 96 valence electrons. The van der Waals surface area contributed by atoms with E-state index in [4.69, 9.17) is 5.73 Å². The summed E-state index contributed by atoms with van der Waals surface area (Å²) in [6.07, 6.45) is 1.26. The number of aromatic nitrogens is 1. The lowest BCUT2D eigenvalue weighted by atomic mass is 9.97. The van der Waals surface area contributed by atoms with Crippen LogP contribution in [-0.2, 0) is 0 Å². The summed E-state index contributed by atoms with van der Waals surface area (Å²) in [5.41, 5.74) is 7.05. The molecule has 1 fully saturated rings. The highest BCUT2D eigenvalue weighted by atomic mass is 32.1. The highest BCUT2D eigenvalue weighted by Crippen LogP contribution is 2.42. The fraction of sp³-hybridized carbons (Fsp3) is 0.750. The zero-order valence-corrected chi connectivity index (χ0v) is 11.0. The Morgan fingerprint density at radius 2 is 2.24 bits per heavy atom. The molecule has 1 saturated carbocycles. The Bertz CT molecular complexity index is 403. The Labute approximate surface area is 104 Å². The number of nitrogens with zero attached hydrogens (tertiary/aromatic N) is 1. The molecule has 0 aliphatic heterocycles. The monoisotopic (exact) mass is 260 g/mol. The summed E-state index contributed by atoms with van der Waals surface area (Å²) < 4.78 is 26.2. The third-order valence-corrected chi connectivity index (χ3v) is 4.57. The van der Waals surface area contributed by atoms with Crippen molar-refractivity contribution in [2.45, 2.75) is 51.5 Å². The maximum atomic E-state index is 13.1. The summed E-state index contributed by atoms with van der Waals surface area (Å²) >= 11 is 1.58. The average Bonchev–Trinajstić information content (AvgIpc) is 2.69. The molecule has 1 heterocycles. The van der Waals surface area contributed by atoms with Crippen molar-refractivity contribution in [3.8, 4) is 0 Å². The molecule has 0 saturated heterocycles. The molecule has 0 amide bonds. The van der Waals surface area contributed by atoms with Gasteiger partial charge in [0.2, 0.25) is 5.92 Å². The van der Waals surface area contributed by atoms with E-state index in [1.54, 1.807) is 11.3 Å². The highest BCUT2D eigenvalue weighted by molar-refractivity contribution is 7.11. The number of nitrogens with two attached hydrogens (primary N) is 1. The van der Waals surface area contributed by atoms with Crippen molar-refractivity contribution in [1.29, 1.82) is 0 Å². The molecule has 2 rings (SSSR count). The standard InChI is InChI=1S/C12H18F2N2S/c1-7-11(17-8(2)16-7)10(15)5-9-3-4-12(13,14)6-9/h9-10H,3-6,15H2,1-2H3. The molecule has 2 atom stereocenters. The SMILES string of the molecule is Cc1nc(C)c(C(N)CC2CCC(F)(F)C2)s1. The Balaban J connectivity index is 1.98. The average molecular weight is 260 g/mol. The Morgan fingerprint density at radius 1 is 1.53 bits per heavy atom. The van der Waals surface area contributed by atoms with Gasteiger partial charge in [0.1, 0.15) is 0 Å². The molecule has 2 N–H and O–H groups in total. The van der Waals surface area contributed by atoms with E-state index in [0.717, 1.165) is 15.6 Å². The van der Waals surface area contributed by atoms with Crippen molar-refractivity contribution in [3.63, 3.8) is 0 Å². The van der Waals surface area contributed by atoms with Crippen LogP contribution in [0.25, 0.3) is 0 Å². The van der Waals surface area contributed by atoms with Crippen molar-refractivity contribution >= 4 is 11.3 Å². The normalized spacial score (nSPS) is 25.1. The number of hydrogen-bond acceptors (Lipinski definition) is 3. The predicted molar refractivity (Wildman–Crippen MR) is 65.4 cm³/mol. The van der Waals surface area contributed by atoms with E-state index in [1.807, 2.05) is 13.8 Å². The van der Waals surface area contributed by atoms with Gasteiger partial charge in [-0.25, -0.2) is 13.8 Å². The second-order valence-electron chi connectivity index (χ2n) is 4.99. The molecule has 0 spiro atoms. The van der Waals surface area contributed by atoms with Gasteiger partial charge in [0.25, 0.3) is 0 Å². The molecule has 1 aromatic heterocycles. The van der Waals surface area contributed by atoms with Gasteiger partial charge in [-0.3, -0.25) is 0 Å². The van der Waals surface area contributed by atoms with Crippen LogP contribution in [0.1, 0.15) is 47.3 Å². The number of aryl methyl sites for hydroxylation is 2. The van der Waals surface area contributed by atoms with Crippen LogP contribution < -0.4 is 5.73 Å². The van der Waals surface area contributed by atoms with E-state index >= 15 is 0 Å². The minimum atomic E-state index is -2.47. The van der Waals surface area contributed by atoms with Crippen LogP contribution in [0, 0.1) is 19.8 Å². The van der Waals surface area contributed by atoms with Gasteiger partial charge < -0.3 is 5.73 Å². The summed E-state index contributed by atoms with van der Waals surface area (Å²) in [6, 6.07) is -0.139.